The lowest BCUT2D eigenvalue weighted by atomic mass is 10.3. The average Bonchev–Trinajstić information content (AvgIpc) is 3.17. The summed E-state index contributed by atoms with van der Waals surface area (Å²) in [6.45, 7) is 1.99. The zero-order valence-corrected chi connectivity index (χ0v) is 13.4. The summed E-state index contributed by atoms with van der Waals surface area (Å²) in [5.41, 5.74) is -0.132. The zero-order chi connectivity index (χ0) is 17.4. The number of H-pyrrole nitrogens is 1. The minimum absolute atomic E-state index is 0.202. The predicted molar refractivity (Wildman–Crippen MR) is 83.9 cm³/mol. The molecule has 3 aromatic rings. The van der Waals surface area contributed by atoms with Crippen molar-refractivity contribution in [1.82, 2.24) is 29.6 Å². The normalized spacial score (nSPS) is 11.1. The SMILES string of the molecule is Cc1cc(C(=O)NCCc2nc3c([nH]2)c(=O)n(C)c(=O)n3C)no1. The van der Waals surface area contributed by atoms with Crippen LogP contribution in [0.15, 0.2) is 20.2 Å². The summed E-state index contributed by atoms with van der Waals surface area (Å²) in [6, 6.07) is 1.54. The molecule has 0 spiro atoms. The first-order valence-corrected chi connectivity index (χ1v) is 7.24. The van der Waals surface area contributed by atoms with Crippen molar-refractivity contribution in [3.05, 3.63) is 44.2 Å². The third-order valence-corrected chi connectivity index (χ3v) is 3.65. The molecule has 0 radical (unpaired) electrons. The van der Waals surface area contributed by atoms with E-state index in [-0.39, 0.29) is 22.8 Å². The molecule has 10 nitrogen and oxygen atoms in total. The van der Waals surface area contributed by atoms with Crippen molar-refractivity contribution < 1.29 is 9.32 Å². The highest BCUT2D eigenvalue weighted by atomic mass is 16.5. The second-order valence-electron chi connectivity index (χ2n) is 5.42. The molecular formula is C14H16N6O4. The maximum absolute atomic E-state index is 12.1. The van der Waals surface area contributed by atoms with Crippen LogP contribution in [0.4, 0.5) is 0 Å². The molecule has 0 fully saturated rings. The van der Waals surface area contributed by atoms with Gasteiger partial charge in [-0.2, -0.15) is 0 Å². The molecular weight excluding hydrogens is 316 g/mol. The van der Waals surface area contributed by atoms with E-state index in [1.807, 2.05) is 0 Å². The number of hydrogen-bond donors (Lipinski definition) is 2. The number of amides is 1. The number of carbonyl (C=O) groups excluding carboxylic acids is 1. The number of nitrogens with one attached hydrogen (secondary N) is 2. The van der Waals surface area contributed by atoms with Gasteiger partial charge in [0.25, 0.3) is 11.5 Å². The van der Waals surface area contributed by atoms with Gasteiger partial charge < -0.3 is 14.8 Å². The van der Waals surface area contributed by atoms with Gasteiger partial charge in [0.2, 0.25) is 0 Å². The fourth-order valence-electron chi connectivity index (χ4n) is 2.35. The molecule has 2 N–H and O–H groups in total. The lowest BCUT2D eigenvalue weighted by Gasteiger charge is -2.00. The van der Waals surface area contributed by atoms with Crippen LogP contribution in [0.25, 0.3) is 11.2 Å². The lowest BCUT2D eigenvalue weighted by molar-refractivity contribution is 0.0945. The number of nitrogens with zero attached hydrogens (tertiary/aromatic N) is 4. The summed E-state index contributed by atoms with van der Waals surface area (Å²) in [6.07, 6.45) is 0.370. The van der Waals surface area contributed by atoms with E-state index in [0.29, 0.717) is 24.6 Å². The third-order valence-electron chi connectivity index (χ3n) is 3.65. The third kappa shape index (κ3) is 2.62. The Morgan fingerprint density at radius 2 is 2.08 bits per heavy atom. The molecule has 0 bridgehead atoms. The van der Waals surface area contributed by atoms with E-state index in [2.05, 4.69) is 20.4 Å². The van der Waals surface area contributed by atoms with E-state index < -0.39 is 11.2 Å². The van der Waals surface area contributed by atoms with E-state index in [1.165, 1.54) is 17.7 Å². The molecule has 1 amide bonds. The summed E-state index contributed by atoms with van der Waals surface area (Å²) in [5.74, 6) is 0.695. The highest BCUT2D eigenvalue weighted by molar-refractivity contribution is 5.92. The number of aromatic nitrogens is 5. The van der Waals surface area contributed by atoms with Crippen LogP contribution in [-0.4, -0.2) is 36.7 Å². The molecule has 0 aliphatic rings. The van der Waals surface area contributed by atoms with Crippen LogP contribution in [0.3, 0.4) is 0 Å². The van der Waals surface area contributed by atoms with Gasteiger partial charge in [-0.3, -0.25) is 18.7 Å². The predicted octanol–water partition coefficient (Wildman–Crippen LogP) is -0.771. The topological polar surface area (TPSA) is 128 Å². The van der Waals surface area contributed by atoms with Crippen molar-refractivity contribution >= 4 is 17.1 Å². The molecule has 0 saturated heterocycles. The van der Waals surface area contributed by atoms with Gasteiger partial charge in [-0.05, 0) is 6.92 Å². The van der Waals surface area contributed by atoms with Gasteiger partial charge in [0.15, 0.2) is 11.3 Å². The number of imidazole rings is 1. The van der Waals surface area contributed by atoms with Crippen LogP contribution in [0, 0.1) is 6.92 Å². The second-order valence-corrected chi connectivity index (χ2v) is 5.42. The Morgan fingerprint density at radius 3 is 2.75 bits per heavy atom. The molecule has 10 heteroatoms. The van der Waals surface area contributed by atoms with E-state index in [0.717, 1.165) is 4.57 Å². The summed E-state index contributed by atoms with van der Waals surface area (Å²) < 4.78 is 7.15. The fourth-order valence-corrected chi connectivity index (χ4v) is 2.35. The molecule has 0 unspecified atom stereocenters. The van der Waals surface area contributed by atoms with Crippen LogP contribution in [-0.2, 0) is 20.5 Å². The second kappa shape index (κ2) is 5.80. The molecule has 3 heterocycles. The summed E-state index contributed by atoms with van der Waals surface area (Å²) >= 11 is 0. The Labute approximate surface area is 135 Å². The number of aromatic amines is 1. The Hall–Kier alpha value is -3.17. The molecule has 24 heavy (non-hydrogen) atoms. The van der Waals surface area contributed by atoms with Crippen molar-refractivity contribution in [1.29, 1.82) is 0 Å². The highest BCUT2D eigenvalue weighted by Crippen LogP contribution is 2.05. The van der Waals surface area contributed by atoms with Gasteiger partial charge in [0.1, 0.15) is 17.1 Å². The van der Waals surface area contributed by atoms with Crippen molar-refractivity contribution in [2.24, 2.45) is 14.1 Å². The summed E-state index contributed by atoms with van der Waals surface area (Å²) in [7, 11) is 2.95. The summed E-state index contributed by atoms with van der Waals surface area (Å²) in [5, 5.41) is 6.31. The first-order chi connectivity index (χ1) is 11.4. The van der Waals surface area contributed by atoms with Gasteiger partial charge in [0, 0.05) is 33.1 Å². The maximum Gasteiger partial charge on any atom is 0.332 e. The van der Waals surface area contributed by atoms with E-state index in [4.69, 9.17) is 4.52 Å². The zero-order valence-electron chi connectivity index (χ0n) is 13.4. The number of aryl methyl sites for hydroxylation is 2. The molecule has 0 atom stereocenters. The fraction of sp³-hybridized carbons (Fsp3) is 0.357. The van der Waals surface area contributed by atoms with Crippen molar-refractivity contribution in [2.75, 3.05) is 6.54 Å². The van der Waals surface area contributed by atoms with Gasteiger partial charge in [-0.25, -0.2) is 9.78 Å². The van der Waals surface area contributed by atoms with Crippen molar-refractivity contribution in [3.8, 4) is 0 Å². The quantitative estimate of drug-likeness (QED) is 0.646. The Kier molecular flexibility index (Phi) is 3.80. The first-order valence-electron chi connectivity index (χ1n) is 7.24. The maximum atomic E-state index is 12.1. The molecule has 0 aliphatic heterocycles. The minimum Gasteiger partial charge on any atom is -0.361 e. The van der Waals surface area contributed by atoms with Crippen LogP contribution in [0.2, 0.25) is 0 Å². The number of carbonyl (C=O) groups is 1. The number of hydrogen-bond acceptors (Lipinski definition) is 6. The van der Waals surface area contributed by atoms with Gasteiger partial charge in [0.05, 0.1) is 0 Å². The van der Waals surface area contributed by atoms with Crippen LogP contribution in [0.5, 0.6) is 0 Å². The van der Waals surface area contributed by atoms with Crippen LogP contribution < -0.4 is 16.6 Å². The first kappa shape index (κ1) is 15.7. The van der Waals surface area contributed by atoms with Gasteiger partial charge >= 0.3 is 5.69 Å². The van der Waals surface area contributed by atoms with Gasteiger partial charge in [-0.15, -0.1) is 0 Å². The number of rotatable bonds is 4. The van der Waals surface area contributed by atoms with Gasteiger partial charge in [-0.1, -0.05) is 5.16 Å². The molecule has 3 aromatic heterocycles. The summed E-state index contributed by atoms with van der Waals surface area (Å²) in [4.78, 5) is 43.0. The Morgan fingerprint density at radius 1 is 1.33 bits per heavy atom. The standard InChI is InChI=1S/C14H16N6O4/c1-7-6-8(18-24-7)12(21)15-5-4-9-16-10-11(17-9)19(2)14(23)20(3)13(10)22/h6H,4-5H2,1-3H3,(H,15,21)(H,16,17). The Bertz CT molecular complexity index is 1040. The minimum atomic E-state index is -0.444. The van der Waals surface area contributed by atoms with E-state index in [9.17, 15) is 14.4 Å². The highest BCUT2D eigenvalue weighted by Gasteiger charge is 2.14. The number of fused-ring (bicyclic) bond motifs is 1. The largest absolute Gasteiger partial charge is 0.361 e. The van der Waals surface area contributed by atoms with E-state index >= 15 is 0 Å². The molecule has 0 aromatic carbocycles. The molecule has 0 aliphatic carbocycles. The smallest absolute Gasteiger partial charge is 0.332 e. The van der Waals surface area contributed by atoms with Crippen molar-refractivity contribution in [3.63, 3.8) is 0 Å². The average molecular weight is 332 g/mol. The van der Waals surface area contributed by atoms with Crippen LogP contribution in [0.1, 0.15) is 22.1 Å². The van der Waals surface area contributed by atoms with Crippen molar-refractivity contribution in [2.45, 2.75) is 13.3 Å². The molecule has 3 rings (SSSR count). The Balaban J connectivity index is 1.76. The molecule has 0 saturated carbocycles. The van der Waals surface area contributed by atoms with Crippen LogP contribution >= 0.6 is 0 Å². The molecule has 126 valence electrons. The monoisotopic (exact) mass is 332 g/mol. The van der Waals surface area contributed by atoms with E-state index in [1.54, 1.807) is 14.0 Å². The lowest BCUT2D eigenvalue weighted by Crippen LogP contribution is -2.36.